The molecule has 92 valence electrons. The summed E-state index contributed by atoms with van der Waals surface area (Å²) < 4.78 is 0. The van der Waals surface area contributed by atoms with Crippen molar-refractivity contribution in [1.82, 2.24) is 9.97 Å². The maximum Gasteiger partial charge on any atom is 0.0924 e. The molecule has 2 heteroatoms. The second-order valence-corrected chi connectivity index (χ2v) is 4.30. The molecule has 0 aliphatic carbocycles. The van der Waals surface area contributed by atoms with Crippen LogP contribution in [-0.2, 0) is 0 Å². The van der Waals surface area contributed by atoms with Gasteiger partial charge in [-0.15, -0.1) is 0 Å². The third-order valence-electron chi connectivity index (χ3n) is 2.98. The number of rotatable bonds is 3. The highest BCUT2D eigenvalue weighted by atomic mass is 14.9. The van der Waals surface area contributed by atoms with E-state index in [0.29, 0.717) is 0 Å². The van der Waals surface area contributed by atoms with Crippen molar-refractivity contribution >= 4 is 11.6 Å². The molecule has 0 bridgehead atoms. The predicted molar refractivity (Wildman–Crippen MR) is 78.4 cm³/mol. The first-order valence-corrected chi connectivity index (χ1v) is 6.24. The average Bonchev–Trinajstić information content (AvgIpc) is 3.01. The lowest BCUT2D eigenvalue weighted by Gasteiger charge is -2.06. The Labute approximate surface area is 112 Å². The molecule has 0 spiro atoms. The molecule has 2 nitrogen and oxygen atoms in total. The fourth-order valence-corrected chi connectivity index (χ4v) is 2.05. The van der Waals surface area contributed by atoms with Crippen LogP contribution in [0.5, 0.6) is 0 Å². The number of H-pyrrole nitrogens is 1. The summed E-state index contributed by atoms with van der Waals surface area (Å²) in [7, 11) is 0. The van der Waals surface area contributed by atoms with Gasteiger partial charge in [-0.2, -0.15) is 0 Å². The van der Waals surface area contributed by atoms with Gasteiger partial charge >= 0.3 is 0 Å². The van der Waals surface area contributed by atoms with Gasteiger partial charge in [0, 0.05) is 5.57 Å². The van der Waals surface area contributed by atoms with Gasteiger partial charge in [-0.05, 0) is 17.2 Å². The molecule has 1 heterocycles. The van der Waals surface area contributed by atoms with Crippen molar-refractivity contribution in [2.24, 2.45) is 0 Å². The normalized spacial score (nSPS) is 11.5. The zero-order valence-corrected chi connectivity index (χ0v) is 10.5. The highest BCUT2D eigenvalue weighted by molar-refractivity contribution is 5.89. The first-order valence-electron chi connectivity index (χ1n) is 6.24. The second kappa shape index (κ2) is 5.36. The van der Waals surface area contributed by atoms with E-state index >= 15 is 0 Å². The number of aromatic nitrogens is 2. The Hall–Kier alpha value is -2.61. The maximum absolute atomic E-state index is 4.11. The van der Waals surface area contributed by atoms with Crippen LogP contribution in [0.4, 0.5) is 0 Å². The minimum Gasteiger partial charge on any atom is -0.345 e. The van der Waals surface area contributed by atoms with E-state index < -0.39 is 0 Å². The number of nitrogens with one attached hydrogen (secondary N) is 1. The molecule has 0 fully saturated rings. The highest BCUT2D eigenvalue weighted by Crippen LogP contribution is 2.23. The largest absolute Gasteiger partial charge is 0.345 e. The minimum absolute atomic E-state index is 1.02. The lowest BCUT2D eigenvalue weighted by atomic mass is 10.0. The van der Waals surface area contributed by atoms with Crippen LogP contribution in [0.2, 0.25) is 0 Å². The van der Waals surface area contributed by atoms with Gasteiger partial charge in [-0.1, -0.05) is 60.7 Å². The molecule has 3 aromatic rings. The Balaban J connectivity index is 2.10. The Bertz CT molecular complexity index is 653. The molecule has 0 amide bonds. The van der Waals surface area contributed by atoms with Crippen molar-refractivity contribution in [2.75, 3.05) is 0 Å². The Morgan fingerprint density at radius 1 is 0.895 bits per heavy atom. The van der Waals surface area contributed by atoms with Crippen LogP contribution >= 0.6 is 0 Å². The van der Waals surface area contributed by atoms with E-state index in [1.807, 2.05) is 42.6 Å². The lowest BCUT2D eigenvalue weighted by molar-refractivity contribution is 1.30. The average molecular weight is 246 g/mol. The molecule has 1 aromatic heterocycles. The van der Waals surface area contributed by atoms with E-state index in [1.54, 1.807) is 6.33 Å². The van der Waals surface area contributed by atoms with Gasteiger partial charge in [-0.25, -0.2) is 4.98 Å². The van der Waals surface area contributed by atoms with Crippen molar-refractivity contribution in [1.29, 1.82) is 0 Å². The van der Waals surface area contributed by atoms with Crippen molar-refractivity contribution in [3.05, 3.63) is 90.0 Å². The third kappa shape index (κ3) is 2.63. The summed E-state index contributed by atoms with van der Waals surface area (Å²) in [5.41, 5.74) is 4.52. The number of imidazole rings is 1. The van der Waals surface area contributed by atoms with E-state index in [2.05, 4.69) is 40.3 Å². The smallest absolute Gasteiger partial charge is 0.0924 e. The van der Waals surface area contributed by atoms with Crippen LogP contribution in [0.15, 0.2) is 73.2 Å². The van der Waals surface area contributed by atoms with Crippen molar-refractivity contribution in [3.8, 4) is 0 Å². The molecule has 0 aliphatic rings. The van der Waals surface area contributed by atoms with Crippen LogP contribution in [0.25, 0.3) is 11.6 Å². The summed E-state index contributed by atoms with van der Waals surface area (Å²) in [6, 6.07) is 20.6. The monoisotopic (exact) mass is 246 g/mol. The summed E-state index contributed by atoms with van der Waals surface area (Å²) in [5, 5.41) is 0. The van der Waals surface area contributed by atoms with Crippen LogP contribution in [-0.4, -0.2) is 9.97 Å². The Morgan fingerprint density at radius 3 is 2.21 bits per heavy atom. The van der Waals surface area contributed by atoms with Gasteiger partial charge in [-0.3, -0.25) is 0 Å². The Kier molecular flexibility index (Phi) is 3.24. The summed E-state index contributed by atoms with van der Waals surface area (Å²) in [6.07, 6.45) is 5.72. The molecule has 3 rings (SSSR count). The number of nitrogens with zero attached hydrogens (tertiary/aromatic N) is 1. The van der Waals surface area contributed by atoms with E-state index in [4.69, 9.17) is 0 Å². The molecular weight excluding hydrogens is 232 g/mol. The fraction of sp³-hybridized carbons (Fsp3) is 0. The zero-order valence-electron chi connectivity index (χ0n) is 10.5. The zero-order chi connectivity index (χ0) is 12.9. The van der Waals surface area contributed by atoms with E-state index in [9.17, 15) is 0 Å². The number of aromatic amines is 1. The Morgan fingerprint density at radius 2 is 1.58 bits per heavy atom. The van der Waals surface area contributed by atoms with Crippen LogP contribution in [0.1, 0.15) is 16.8 Å². The molecule has 19 heavy (non-hydrogen) atoms. The SMILES string of the molecule is C(=C(c1ccccc1)c1cnc[nH]1)c1ccccc1. The van der Waals surface area contributed by atoms with E-state index in [0.717, 1.165) is 11.3 Å². The first kappa shape index (κ1) is 11.5. The van der Waals surface area contributed by atoms with E-state index in [-0.39, 0.29) is 0 Å². The van der Waals surface area contributed by atoms with Gasteiger partial charge in [0.25, 0.3) is 0 Å². The van der Waals surface area contributed by atoms with Gasteiger partial charge in [0.15, 0.2) is 0 Å². The maximum atomic E-state index is 4.11. The first-order chi connectivity index (χ1) is 9.43. The molecule has 0 radical (unpaired) electrons. The molecule has 1 N–H and O–H groups in total. The second-order valence-electron chi connectivity index (χ2n) is 4.30. The number of benzene rings is 2. The molecule has 0 unspecified atom stereocenters. The molecule has 0 atom stereocenters. The summed E-state index contributed by atoms with van der Waals surface area (Å²) in [4.78, 5) is 7.29. The number of hydrogen-bond acceptors (Lipinski definition) is 1. The molecular formula is C17H14N2. The quantitative estimate of drug-likeness (QED) is 0.695. The van der Waals surface area contributed by atoms with Crippen LogP contribution in [0.3, 0.4) is 0 Å². The summed E-state index contributed by atoms with van der Waals surface area (Å²) >= 11 is 0. The van der Waals surface area contributed by atoms with E-state index in [1.165, 1.54) is 11.1 Å². The summed E-state index contributed by atoms with van der Waals surface area (Å²) in [6.45, 7) is 0. The minimum atomic E-state index is 1.02. The topological polar surface area (TPSA) is 28.7 Å². The van der Waals surface area contributed by atoms with Gasteiger partial charge in [0.1, 0.15) is 0 Å². The van der Waals surface area contributed by atoms with Gasteiger partial charge < -0.3 is 4.98 Å². The van der Waals surface area contributed by atoms with Crippen molar-refractivity contribution < 1.29 is 0 Å². The highest BCUT2D eigenvalue weighted by Gasteiger charge is 2.05. The standard InChI is InChI=1S/C17H14N2/c1-3-7-14(8-4-1)11-16(17-12-18-13-19-17)15-9-5-2-6-10-15/h1-13H,(H,18,19). The van der Waals surface area contributed by atoms with Crippen molar-refractivity contribution in [3.63, 3.8) is 0 Å². The van der Waals surface area contributed by atoms with Crippen LogP contribution in [0, 0.1) is 0 Å². The van der Waals surface area contributed by atoms with Crippen LogP contribution < -0.4 is 0 Å². The summed E-state index contributed by atoms with van der Waals surface area (Å²) in [5.74, 6) is 0. The molecule has 0 saturated heterocycles. The van der Waals surface area contributed by atoms with Gasteiger partial charge in [0.05, 0.1) is 18.2 Å². The third-order valence-corrected chi connectivity index (χ3v) is 2.98. The fourth-order valence-electron chi connectivity index (χ4n) is 2.05. The van der Waals surface area contributed by atoms with Gasteiger partial charge in [0.2, 0.25) is 0 Å². The number of hydrogen-bond donors (Lipinski definition) is 1. The molecule has 0 aliphatic heterocycles. The van der Waals surface area contributed by atoms with Crippen molar-refractivity contribution in [2.45, 2.75) is 0 Å². The lowest BCUT2D eigenvalue weighted by Crippen LogP contribution is -1.88. The molecule has 2 aromatic carbocycles. The molecule has 0 saturated carbocycles. The predicted octanol–water partition coefficient (Wildman–Crippen LogP) is 4.00.